The van der Waals surface area contributed by atoms with Gasteiger partial charge in [0.15, 0.2) is 0 Å². The molecule has 1 fully saturated rings. The zero-order chi connectivity index (χ0) is 14.4. The van der Waals surface area contributed by atoms with Gasteiger partial charge in [-0.1, -0.05) is 49.1 Å². The number of benzene rings is 1. The Morgan fingerprint density at radius 3 is 2.65 bits per heavy atom. The molecule has 0 saturated heterocycles. The van der Waals surface area contributed by atoms with E-state index < -0.39 is 0 Å². The van der Waals surface area contributed by atoms with Gasteiger partial charge >= 0.3 is 0 Å². The highest BCUT2D eigenvalue weighted by Crippen LogP contribution is 2.20. The number of hydrogen-bond donors (Lipinski definition) is 1. The molecule has 0 bridgehead atoms. The Hall–Kier alpha value is -1.79. The van der Waals surface area contributed by atoms with Crippen molar-refractivity contribution in [1.82, 2.24) is 5.32 Å². The van der Waals surface area contributed by atoms with Crippen molar-refractivity contribution in [2.24, 2.45) is 0 Å². The van der Waals surface area contributed by atoms with Crippen molar-refractivity contribution in [2.75, 3.05) is 0 Å². The molecule has 2 rings (SSSR count). The molecule has 3 nitrogen and oxygen atoms in total. The minimum absolute atomic E-state index is 0.101. The lowest BCUT2D eigenvalue weighted by molar-refractivity contribution is -0.117. The van der Waals surface area contributed by atoms with E-state index in [0.29, 0.717) is 10.6 Å². The molecule has 0 heterocycles. The maximum atomic E-state index is 12.1. The summed E-state index contributed by atoms with van der Waals surface area (Å²) < 4.78 is 0. The summed E-state index contributed by atoms with van der Waals surface area (Å²) in [6, 6.07) is 9.31. The van der Waals surface area contributed by atoms with Crippen molar-refractivity contribution < 1.29 is 4.79 Å². The number of halogens is 1. The lowest BCUT2D eigenvalue weighted by Crippen LogP contribution is -2.36. The molecule has 1 aromatic rings. The number of nitrogens with one attached hydrogen (secondary N) is 1. The molecule has 0 unspecified atom stereocenters. The van der Waals surface area contributed by atoms with Gasteiger partial charge in [0.2, 0.25) is 0 Å². The molecular weight excluding hydrogens is 272 g/mol. The molecule has 1 aromatic carbocycles. The topological polar surface area (TPSA) is 52.9 Å². The van der Waals surface area contributed by atoms with Gasteiger partial charge in [-0.15, -0.1) is 0 Å². The highest BCUT2D eigenvalue weighted by Gasteiger charge is 2.18. The van der Waals surface area contributed by atoms with E-state index in [-0.39, 0.29) is 17.5 Å². The molecular formula is C16H17ClN2O. The minimum Gasteiger partial charge on any atom is -0.349 e. The first kappa shape index (κ1) is 14.6. The summed E-state index contributed by atoms with van der Waals surface area (Å²) in [6.07, 6.45) is 7.04. The van der Waals surface area contributed by atoms with Crippen LogP contribution in [0.4, 0.5) is 0 Å². The number of carbonyl (C=O) groups is 1. The smallest absolute Gasteiger partial charge is 0.262 e. The Balaban J connectivity index is 2.09. The summed E-state index contributed by atoms with van der Waals surface area (Å²) in [5.74, 6) is -0.306. The van der Waals surface area contributed by atoms with Crippen LogP contribution in [0, 0.1) is 11.3 Å². The molecule has 1 amide bonds. The third-order valence-electron chi connectivity index (χ3n) is 3.51. The Bertz CT molecular complexity index is 554. The zero-order valence-electron chi connectivity index (χ0n) is 11.2. The Morgan fingerprint density at radius 1 is 1.30 bits per heavy atom. The van der Waals surface area contributed by atoms with Crippen LogP contribution >= 0.6 is 11.6 Å². The zero-order valence-corrected chi connectivity index (χ0v) is 12.0. The van der Waals surface area contributed by atoms with Crippen LogP contribution in [0.3, 0.4) is 0 Å². The third kappa shape index (κ3) is 3.85. The van der Waals surface area contributed by atoms with Crippen LogP contribution in [0.2, 0.25) is 5.02 Å². The molecule has 1 N–H and O–H groups in total. The highest BCUT2D eigenvalue weighted by atomic mass is 35.5. The maximum absolute atomic E-state index is 12.1. The van der Waals surface area contributed by atoms with Crippen molar-refractivity contribution in [3.63, 3.8) is 0 Å². The third-order valence-corrected chi connectivity index (χ3v) is 3.85. The van der Waals surface area contributed by atoms with Gasteiger partial charge in [-0.25, -0.2) is 0 Å². The quantitative estimate of drug-likeness (QED) is 0.681. The summed E-state index contributed by atoms with van der Waals surface area (Å²) in [4.78, 5) is 12.1. The van der Waals surface area contributed by atoms with Crippen LogP contribution in [-0.4, -0.2) is 11.9 Å². The fourth-order valence-electron chi connectivity index (χ4n) is 2.41. The molecule has 0 spiro atoms. The minimum atomic E-state index is -0.306. The second-order valence-corrected chi connectivity index (χ2v) is 5.41. The summed E-state index contributed by atoms with van der Waals surface area (Å²) in [5.41, 5.74) is 0.785. The van der Waals surface area contributed by atoms with Gasteiger partial charge in [0.05, 0.1) is 0 Å². The second kappa shape index (κ2) is 7.12. The molecule has 1 aliphatic carbocycles. The van der Waals surface area contributed by atoms with Crippen molar-refractivity contribution in [1.29, 1.82) is 5.26 Å². The average molecular weight is 289 g/mol. The monoisotopic (exact) mass is 288 g/mol. The van der Waals surface area contributed by atoms with Crippen LogP contribution in [0.5, 0.6) is 0 Å². The fourth-order valence-corrected chi connectivity index (χ4v) is 2.60. The predicted octanol–water partition coefficient (Wildman–Crippen LogP) is 3.70. The van der Waals surface area contributed by atoms with E-state index in [0.717, 1.165) is 25.7 Å². The summed E-state index contributed by atoms with van der Waals surface area (Å²) in [7, 11) is 0. The van der Waals surface area contributed by atoms with Gasteiger partial charge in [0.1, 0.15) is 11.6 Å². The van der Waals surface area contributed by atoms with Crippen molar-refractivity contribution in [3.05, 3.63) is 40.4 Å². The number of rotatable bonds is 3. The number of nitrogens with zero attached hydrogens (tertiary/aromatic N) is 1. The standard InChI is InChI=1S/C16H17ClN2O/c17-15-9-5-4-6-12(15)10-13(11-18)16(20)19-14-7-2-1-3-8-14/h4-6,9-10,14H,1-3,7-8H2,(H,19,20). The Morgan fingerprint density at radius 2 is 2.00 bits per heavy atom. The van der Waals surface area contributed by atoms with Gasteiger partial charge in [-0.3, -0.25) is 4.79 Å². The first-order valence-corrected chi connectivity index (χ1v) is 7.25. The number of nitriles is 1. The van der Waals surface area contributed by atoms with Crippen molar-refractivity contribution >= 4 is 23.6 Å². The van der Waals surface area contributed by atoms with Crippen LogP contribution in [0.15, 0.2) is 29.8 Å². The largest absolute Gasteiger partial charge is 0.349 e. The molecule has 4 heteroatoms. The highest BCUT2D eigenvalue weighted by molar-refractivity contribution is 6.32. The van der Waals surface area contributed by atoms with E-state index in [4.69, 9.17) is 16.9 Å². The van der Waals surface area contributed by atoms with Gasteiger partial charge in [0, 0.05) is 11.1 Å². The van der Waals surface area contributed by atoms with Crippen molar-refractivity contribution in [2.45, 2.75) is 38.1 Å². The fraction of sp³-hybridized carbons (Fsp3) is 0.375. The normalized spacial score (nSPS) is 16.5. The number of carbonyl (C=O) groups excluding carboxylic acids is 1. The SMILES string of the molecule is N#CC(=Cc1ccccc1Cl)C(=O)NC1CCCCC1. The van der Waals surface area contributed by atoms with Crippen LogP contribution < -0.4 is 5.32 Å². The first-order chi connectivity index (χ1) is 9.70. The van der Waals surface area contributed by atoms with E-state index in [1.807, 2.05) is 18.2 Å². The van der Waals surface area contributed by atoms with Gasteiger partial charge in [0.25, 0.3) is 5.91 Å². The first-order valence-electron chi connectivity index (χ1n) is 6.88. The average Bonchev–Trinajstić information content (AvgIpc) is 2.47. The predicted molar refractivity (Wildman–Crippen MR) is 80.1 cm³/mol. The van der Waals surface area contributed by atoms with Crippen LogP contribution in [0.1, 0.15) is 37.7 Å². The number of hydrogen-bond acceptors (Lipinski definition) is 2. The number of amides is 1. The van der Waals surface area contributed by atoms with Gasteiger partial charge < -0.3 is 5.32 Å². The van der Waals surface area contributed by atoms with Gasteiger partial charge in [-0.05, 0) is 30.5 Å². The molecule has 0 aromatic heterocycles. The molecule has 0 aliphatic heterocycles. The lowest BCUT2D eigenvalue weighted by atomic mass is 9.95. The Kier molecular flexibility index (Phi) is 5.20. The molecule has 0 atom stereocenters. The van der Waals surface area contributed by atoms with Crippen LogP contribution in [0.25, 0.3) is 6.08 Å². The van der Waals surface area contributed by atoms with E-state index in [9.17, 15) is 4.79 Å². The maximum Gasteiger partial charge on any atom is 0.262 e. The lowest BCUT2D eigenvalue weighted by Gasteiger charge is -2.22. The molecule has 0 radical (unpaired) electrons. The summed E-state index contributed by atoms with van der Waals surface area (Å²) in [6.45, 7) is 0. The summed E-state index contributed by atoms with van der Waals surface area (Å²) in [5, 5.41) is 12.6. The summed E-state index contributed by atoms with van der Waals surface area (Å²) >= 11 is 6.04. The van der Waals surface area contributed by atoms with Crippen LogP contribution in [-0.2, 0) is 4.79 Å². The van der Waals surface area contributed by atoms with E-state index in [2.05, 4.69) is 5.32 Å². The molecule has 104 valence electrons. The van der Waals surface area contributed by atoms with Crippen molar-refractivity contribution in [3.8, 4) is 6.07 Å². The van der Waals surface area contributed by atoms with E-state index in [1.54, 1.807) is 18.2 Å². The molecule has 20 heavy (non-hydrogen) atoms. The molecule has 1 aliphatic rings. The van der Waals surface area contributed by atoms with Gasteiger partial charge in [-0.2, -0.15) is 5.26 Å². The van der Waals surface area contributed by atoms with E-state index in [1.165, 1.54) is 6.42 Å². The Labute approximate surface area is 124 Å². The molecule has 1 saturated carbocycles. The second-order valence-electron chi connectivity index (χ2n) is 5.00. The van der Waals surface area contributed by atoms with E-state index >= 15 is 0 Å².